The lowest BCUT2D eigenvalue weighted by atomic mass is 9.80. The van der Waals surface area contributed by atoms with E-state index in [-0.39, 0.29) is 22.0 Å². The number of nitrogens with zero attached hydrogens (tertiary/aromatic N) is 2. The topological polar surface area (TPSA) is 108 Å². The lowest BCUT2D eigenvalue weighted by molar-refractivity contribution is -0.384. The Balaban J connectivity index is 1.53. The second-order valence-electron chi connectivity index (χ2n) is 7.27. The SMILES string of the molecule is NC(=O)c1cc(OCCCN2CCC3(CCOCC3)C2)c(Cl)c([N+](=O)[O-])c1. The molecule has 148 valence electrons. The molecule has 1 aromatic rings. The second kappa shape index (κ2) is 8.41. The van der Waals surface area contributed by atoms with E-state index in [2.05, 4.69) is 4.90 Å². The van der Waals surface area contributed by atoms with Gasteiger partial charge in [0, 0.05) is 37.9 Å². The standard InChI is InChI=1S/C18H24ClN3O5/c19-16-14(22(24)25)10-13(17(20)23)11-15(16)27-7-1-5-21-6-2-18(12-21)3-8-26-9-4-18/h10-11H,1-9,12H2,(H2,20,23). The number of ether oxygens (including phenoxy) is 2. The Kier molecular flexibility index (Phi) is 6.18. The number of rotatable bonds is 7. The van der Waals surface area contributed by atoms with Crippen molar-refractivity contribution in [2.24, 2.45) is 11.1 Å². The summed E-state index contributed by atoms with van der Waals surface area (Å²) in [5, 5.41) is 11.0. The molecule has 3 rings (SSSR count). The molecular weight excluding hydrogens is 374 g/mol. The Hall–Kier alpha value is -1.90. The zero-order chi connectivity index (χ0) is 19.4. The molecule has 0 aromatic heterocycles. The van der Waals surface area contributed by atoms with Gasteiger partial charge in [-0.25, -0.2) is 0 Å². The molecule has 0 bridgehead atoms. The summed E-state index contributed by atoms with van der Waals surface area (Å²) in [7, 11) is 0. The van der Waals surface area contributed by atoms with Gasteiger partial charge in [-0.3, -0.25) is 14.9 Å². The van der Waals surface area contributed by atoms with Gasteiger partial charge in [-0.15, -0.1) is 0 Å². The van der Waals surface area contributed by atoms with Crippen LogP contribution in [0.25, 0.3) is 0 Å². The number of hydrogen-bond acceptors (Lipinski definition) is 6. The van der Waals surface area contributed by atoms with Crippen molar-refractivity contribution in [2.75, 3.05) is 39.5 Å². The number of carbonyl (C=O) groups excluding carboxylic acids is 1. The third kappa shape index (κ3) is 4.69. The highest BCUT2D eigenvalue weighted by Gasteiger charge is 2.38. The quantitative estimate of drug-likeness (QED) is 0.430. The van der Waals surface area contributed by atoms with E-state index in [4.69, 9.17) is 26.8 Å². The molecule has 0 atom stereocenters. The van der Waals surface area contributed by atoms with E-state index in [1.807, 2.05) is 0 Å². The van der Waals surface area contributed by atoms with Gasteiger partial charge in [0.05, 0.1) is 11.5 Å². The molecule has 0 radical (unpaired) electrons. The van der Waals surface area contributed by atoms with Crippen molar-refractivity contribution >= 4 is 23.2 Å². The third-order valence-electron chi connectivity index (χ3n) is 5.45. The highest BCUT2D eigenvalue weighted by Crippen LogP contribution is 2.39. The van der Waals surface area contributed by atoms with Crippen molar-refractivity contribution in [1.29, 1.82) is 0 Å². The van der Waals surface area contributed by atoms with Crippen LogP contribution in [-0.4, -0.2) is 55.2 Å². The molecule has 1 spiro atoms. The van der Waals surface area contributed by atoms with Crippen molar-refractivity contribution in [3.63, 3.8) is 0 Å². The normalized spacial score (nSPS) is 19.3. The fourth-order valence-corrected chi connectivity index (χ4v) is 4.10. The van der Waals surface area contributed by atoms with E-state index in [1.165, 1.54) is 12.5 Å². The molecule has 2 N–H and O–H groups in total. The maximum absolute atomic E-state index is 11.4. The molecule has 2 fully saturated rings. The highest BCUT2D eigenvalue weighted by molar-refractivity contribution is 6.34. The summed E-state index contributed by atoms with van der Waals surface area (Å²) in [6.07, 6.45) is 4.21. The average Bonchev–Trinajstić information content (AvgIpc) is 3.02. The number of nitro benzene ring substituents is 1. The van der Waals surface area contributed by atoms with E-state index in [0.717, 1.165) is 58.2 Å². The fraction of sp³-hybridized carbons (Fsp3) is 0.611. The zero-order valence-corrected chi connectivity index (χ0v) is 15.9. The minimum atomic E-state index is -0.765. The van der Waals surface area contributed by atoms with Crippen LogP contribution in [0.4, 0.5) is 5.69 Å². The summed E-state index contributed by atoms with van der Waals surface area (Å²) in [5.74, 6) is -0.652. The van der Waals surface area contributed by atoms with Gasteiger partial charge in [-0.1, -0.05) is 11.6 Å². The van der Waals surface area contributed by atoms with Gasteiger partial charge in [-0.2, -0.15) is 0 Å². The number of amides is 1. The summed E-state index contributed by atoms with van der Waals surface area (Å²) in [6, 6.07) is 2.42. The van der Waals surface area contributed by atoms with Crippen molar-refractivity contribution in [3.8, 4) is 5.75 Å². The van der Waals surface area contributed by atoms with Gasteiger partial charge in [0.1, 0.15) is 5.75 Å². The first-order valence-corrected chi connectivity index (χ1v) is 9.49. The molecule has 2 aliphatic heterocycles. The van der Waals surface area contributed by atoms with E-state index in [0.29, 0.717) is 12.0 Å². The monoisotopic (exact) mass is 397 g/mol. The number of carbonyl (C=O) groups is 1. The molecule has 2 heterocycles. The molecule has 1 aromatic carbocycles. The first-order chi connectivity index (χ1) is 12.9. The van der Waals surface area contributed by atoms with Crippen LogP contribution in [0.1, 0.15) is 36.0 Å². The Bertz CT molecular complexity index is 721. The minimum absolute atomic E-state index is 0.00195. The lowest BCUT2D eigenvalue weighted by Gasteiger charge is -2.33. The molecule has 0 aliphatic carbocycles. The smallest absolute Gasteiger partial charge is 0.292 e. The zero-order valence-electron chi connectivity index (χ0n) is 15.1. The predicted octanol–water partition coefficient (Wildman–Crippen LogP) is 2.62. The molecule has 0 unspecified atom stereocenters. The van der Waals surface area contributed by atoms with Gasteiger partial charge in [0.25, 0.3) is 5.69 Å². The molecule has 8 nitrogen and oxygen atoms in total. The maximum atomic E-state index is 11.4. The molecule has 0 saturated carbocycles. The first-order valence-electron chi connectivity index (χ1n) is 9.11. The van der Waals surface area contributed by atoms with Crippen LogP contribution in [0.5, 0.6) is 5.75 Å². The highest BCUT2D eigenvalue weighted by atomic mass is 35.5. The third-order valence-corrected chi connectivity index (χ3v) is 5.83. The molecular formula is C18H24ClN3O5. The molecule has 2 saturated heterocycles. The lowest BCUT2D eigenvalue weighted by Crippen LogP contribution is -2.33. The average molecular weight is 398 g/mol. The van der Waals surface area contributed by atoms with E-state index >= 15 is 0 Å². The van der Waals surface area contributed by atoms with Crippen LogP contribution in [0, 0.1) is 15.5 Å². The Morgan fingerprint density at radius 1 is 1.37 bits per heavy atom. The molecule has 1 amide bonds. The van der Waals surface area contributed by atoms with Gasteiger partial charge < -0.3 is 20.1 Å². The van der Waals surface area contributed by atoms with Crippen LogP contribution in [0.3, 0.4) is 0 Å². The van der Waals surface area contributed by atoms with E-state index in [1.54, 1.807) is 0 Å². The van der Waals surface area contributed by atoms with Crippen molar-refractivity contribution in [1.82, 2.24) is 4.90 Å². The number of primary amides is 1. The van der Waals surface area contributed by atoms with Crippen molar-refractivity contribution in [2.45, 2.75) is 25.7 Å². The van der Waals surface area contributed by atoms with Gasteiger partial charge in [-0.05, 0) is 43.7 Å². The number of likely N-dealkylation sites (tertiary alicyclic amines) is 1. The van der Waals surface area contributed by atoms with Gasteiger partial charge >= 0.3 is 0 Å². The summed E-state index contributed by atoms with van der Waals surface area (Å²) < 4.78 is 11.1. The van der Waals surface area contributed by atoms with Crippen LogP contribution < -0.4 is 10.5 Å². The largest absolute Gasteiger partial charge is 0.492 e. The molecule has 2 aliphatic rings. The number of hydrogen-bond donors (Lipinski definition) is 1. The number of nitrogens with two attached hydrogens (primary N) is 1. The maximum Gasteiger partial charge on any atom is 0.292 e. The number of halogens is 1. The Morgan fingerprint density at radius 3 is 2.78 bits per heavy atom. The number of nitro groups is 1. The van der Waals surface area contributed by atoms with Crippen LogP contribution in [0.2, 0.25) is 5.02 Å². The Labute approximate surface area is 162 Å². The van der Waals surface area contributed by atoms with E-state index in [9.17, 15) is 14.9 Å². The van der Waals surface area contributed by atoms with Gasteiger partial charge in [0.2, 0.25) is 5.91 Å². The first kappa shape index (κ1) is 19.9. The van der Waals surface area contributed by atoms with Crippen LogP contribution in [0.15, 0.2) is 12.1 Å². The summed E-state index contributed by atoms with van der Waals surface area (Å²) in [4.78, 5) is 24.2. The fourth-order valence-electron chi connectivity index (χ4n) is 3.86. The Morgan fingerprint density at radius 2 is 2.11 bits per heavy atom. The number of benzene rings is 1. The predicted molar refractivity (Wildman–Crippen MR) is 100 cm³/mol. The summed E-state index contributed by atoms with van der Waals surface area (Å²) >= 11 is 6.04. The van der Waals surface area contributed by atoms with Crippen LogP contribution >= 0.6 is 11.6 Å². The second-order valence-corrected chi connectivity index (χ2v) is 7.65. The van der Waals surface area contributed by atoms with Crippen LogP contribution in [-0.2, 0) is 4.74 Å². The molecule has 9 heteroatoms. The molecule has 27 heavy (non-hydrogen) atoms. The van der Waals surface area contributed by atoms with Crippen molar-refractivity contribution < 1.29 is 19.2 Å². The summed E-state index contributed by atoms with van der Waals surface area (Å²) in [5.41, 5.74) is 5.25. The van der Waals surface area contributed by atoms with E-state index < -0.39 is 10.8 Å². The minimum Gasteiger partial charge on any atom is -0.492 e. The van der Waals surface area contributed by atoms with Gasteiger partial charge in [0.15, 0.2) is 5.02 Å². The van der Waals surface area contributed by atoms with Crippen molar-refractivity contribution in [3.05, 3.63) is 32.8 Å². The summed E-state index contributed by atoms with van der Waals surface area (Å²) in [6.45, 7) is 5.10.